The number of pyridine rings is 1. The van der Waals surface area contributed by atoms with Gasteiger partial charge in [0.25, 0.3) is 5.56 Å². The number of fused-ring (bicyclic) bond motifs is 2. The molecule has 0 radical (unpaired) electrons. The lowest BCUT2D eigenvalue weighted by molar-refractivity contribution is 0.625. The number of benzene rings is 2. The minimum atomic E-state index is -0.440. The van der Waals surface area contributed by atoms with E-state index in [1.165, 1.54) is 23.0 Å². The van der Waals surface area contributed by atoms with Crippen LogP contribution < -0.4 is 10.9 Å². The fraction of sp³-hybridized carbons (Fsp3) is 0.0909. The van der Waals surface area contributed by atoms with Gasteiger partial charge in [0.05, 0.1) is 22.1 Å². The Balaban J connectivity index is 1.72. The molecule has 0 aliphatic carbocycles. The monoisotopic (exact) mass is 434 g/mol. The quantitative estimate of drug-likeness (QED) is 0.454. The van der Waals surface area contributed by atoms with Crippen molar-refractivity contribution in [3.63, 3.8) is 0 Å². The van der Waals surface area contributed by atoms with Crippen LogP contribution in [0.25, 0.3) is 22.1 Å². The molecule has 0 saturated carbocycles. The highest BCUT2D eigenvalue weighted by Crippen LogP contribution is 2.27. The Labute approximate surface area is 180 Å². The third kappa shape index (κ3) is 3.30. The molecule has 0 spiro atoms. The average Bonchev–Trinajstić information content (AvgIpc) is 3.23. The average molecular weight is 435 g/mol. The molecule has 1 atom stereocenters. The minimum Gasteiger partial charge on any atom is -0.359 e. The fourth-order valence-electron chi connectivity index (χ4n) is 3.68. The normalized spacial score (nSPS) is 12.4. The SMILES string of the molecule is C[C@H](Nc1ncnn2ccnc12)c1cc2cccc(Cl)c2c(=O)n1-c1cccc(F)c1. The first kappa shape index (κ1) is 19.2. The van der Waals surface area contributed by atoms with Gasteiger partial charge >= 0.3 is 0 Å². The predicted octanol–water partition coefficient (Wildman–Crippen LogP) is 4.39. The van der Waals surface area contributed by atoms with Crippen molar-refractivity contribution in [1.29, 1.82) is 0 Å². The van der Waals surface area contributed by atoms with E-state index in [0.717, 1.165) is 0 Å². The van der Waals surface area contributed by atoms with E-state index in [1.807, 2.05) is 19.1 Å². The smallest absolute Gasteiger partial charge is 0.264 e. The van der Waals surface area contributed by atoms with E-state index < -0.39 is 5.82 Å². The van der Waals surface area contributed by atoms with Crippen LogP contribution in [-0.2, 0) is 0 Å². The van der Waals surface area contributed by atoms with Crippen LogP contribution >= 0.6 is 11.6 Å². The summed E-state index contributed by atoms with van der Waals surface area (Å²) in [4.78, 5) is 22.1. The summed E-state index contributed by atoms with van der Waals surface area (Å²) >= 11 is 6.34. The Hall–Kier alpha value is -3.78. The van der Waals surface area contributed by atoms with Gasteiger partial charge in [-0.3, -0.25) is 9.36 Å². The molecule has 0 bridgehead atoms. The predicted molar refractivity (Wildman–Crippen MR) is 117 cm³/mol. The standard InChI is InChI=1S/C22H16ClFN6O/c1-13(28-20-21-25-8-9-29(21)27-12-26-20)18-10-14-4-2-7-17(23)19(14)22(31)30(18)16-6-3-5-15(24)11-16/h2-13H,1H3,(H,26,27,28)/t13-/m0/s1. The van der Waals surface area contributed by atoms with Gasteiger partial charge in [-0.1, -0.05) is 29.8 Å². The van der Waals surface area contributed by atoms with Crippen LogP contribution in [0.3, 0.4) is 0 Å². The molecule has 3 aromatic heterocycles. The molecule has 0 aliphatic rings. The third-order valence-corrected chi connectivity index (χ3v) is 5.40. The molecular weight excluding hydrogens is 419 g/mol. The lowest BCUT2D eigenvalue weighted by Gasteiger charge is -2.21. The number of anilines is 1. The summed E-state index contributed by atoms with van der Waals surface area (Å²) in [5.41, 5.74) is 1.25. The van der Waals surface area contributed by atoms with Crippen LogP contribution in [0.15, 0.2) is 72.0 Å². The van der Waals surface area contributed by atoms with Crippen LogP contribution in [-0.4, -0.2) is 24.1 Å². The zero-order valence-corrected chi connectivity index (χ0v) is 17.1. The lowest BCUT2D eigenvalue weighted by Crippen LogP contribution is -2.26. The van der Waals surface area contributed by atoms with E-state index >= 15 is 0 Å². The van der Waals surface area contributed by atoms with Crippen molar-refractivity contribution in [2.45, 2.75) is 13.0 Å². The van der Waals surface area contributed by atoms with Crippen LogP contribution in [0.1, 0.15) is 18.7 Å². The van der Waals surface area contributed by atoms with Crippen molar-refractivity contribution in [2.24, 2.45) is 0 Å². The summed E-state index contributed by atoms with van der Waals surface area (Å²) in [5, 5.41) is 8.83. The van der Waals surface area contributed by atoms with Crippen molar-refractivity contribution < 1.29 is 4.39 Å². The molecule has 0 amide bonds. The number of hydrogen-bond acceptors (Lipinski definition) is 5. The van der Waals surface area contributed by atoms with Gasteiger partial charge in [-0.2, -0.15) is 5.10 Å². The molecular formula is C22H16ClFN6O. The molecule has 31 heavy (non-hydrogen) atoms. The van der Waals surface area contributed by atoms with Crippen molar-refractivity contribution in [3.05, 3.63) is 94.1 Å². The van der Waals surface area contributed by atoms with Gasteiger partial charge in [-0.25, -0.2) is 18.9 Å². The first-order valence-electron chi connectivity index (χ1n) is 9.54. The van der Waals surface area contributed by atoms with Crippen molar-refractivity contribution in [3.8, 4) is 5.69 Å². The Morgan fingerprint density at radius 3 is 2.81 bits per heavy atom. The molecule has 7 nitrogen and oxygen atoms in total. The van der Waals surface area contributed by atoms with Crippen LogP contribution in [0.4, 0.5) is 10.2 Å². The number of nitrogens with one attached hydrogen (secondary N) is 1. The molecule has 0 saturated heterocycles. The van der Waals surface area contributed by atoms with E-state index in [9.17, 15) is 9.18 Å². The van der Waals surface area contributed by atoms with Crippen LogP contribution in [0.2, 0.25) is 5.02 Å². The van der Waals surface area contributed by atoms with Crippen LogP contribution in [0, 0.1) is 5.82 Å². The lowest BCUT2D eigenvalue weighted by atomic mass is 10.1. The van der Waals surface area contributed by atoms with Gasteiger partial charge in [0.15, 0.2) is 11.5 Å². The molecule has 1 N–H and O–H groups in total. The number of hydrogen-bond donors (Lipinski definition) is 1. The van der Waals surface area contributed by atoms with E-state index in [2.05, 4.69) is 20.4 Å². The molecule has 9 heteroatoms. The van der Waals surface area contributed by atoms with Gasteiger partial charge in [0.1, 0.15) is 12.1 Å². The minimum absolute atomic E-state index is 0.328. The number of halogens is 2. The topological polar surface area (TPSA) is 77.1 Å². The maximum absolute atomic E-state index is 14.0. The molecule has 0 aliphatic heterocycles. The molecule has 5 rings (SSSR count). The van der Waals surface area contributed by atoms with E-state index in [-0.39, 0.29) is 11.6 Å². The zero-order chi connectivity index (χ0) is 21.5. The maximum atomic E-state index is 14.0. The van der Waals surface area contributed by atoms with E-state index in [4.69, 9.17) is 11.6 Å². The highest BCUT2D eigenvalue weighted by Gasteiger charge is 2.19. The highest BCUT2D eigenvalue weighted by atomic mass is 35.5. The van der Waals surface area contributed by atoms with Crippen molar-refractivity contribution in [2.75, 3.05) is 5.32 Å². The van der Waals surface area contributed by atoms with Gasteiger partial charge in [-0.05, 0) is 42.6 Å². The number of rotatable bonds is 4. The fourth-order valence-corrected chi connectivity index (χ4v) is 3.94. The Bertz CT molecular complexity index is 1490. The van der Waals surface area contributed by atoms with Crippen molar-refractivity contribution in [1.82, 2.24) is 24.1 Å². The Morgan fingerprint density at radius 2 is 1.97 bits per heavy atom. The largest absolute Gasteiger partial charge is 0.359 e. The molecule has 3 heterocycles. The van der Waals surface area contributed by atoms with Gasteiger partial charge in [0.2, 0.25) is 0 Å². The summed E-state index contributed by atoms with van der Waals surface area (Å²) in [5.74, 6) is 0.0713. The van der Waals surface area contributed by atoms with Crippen molar-refractivity contribution >= 4 is 33.8 Å². The molecule has 154 valence electrons. The second kappa shape index (κ2) is 7.48. The number of nitrogens with zero attached hydrogens (tertiary/aromatic N) is 5. The van der Waals surface area contributed by atoms with Gasteiger partial charge in [0, 0.05) is 18.1 Å². The van der Waals surface area contributed by atoms with Crippen LogP contribution in [0.5, 0.6) is 0 Å². The Kier molecular flexibility index (Phi) is 4.63. The van der Waals surface area contributed by atoms with E-state index in [1.54, 1.807) is 41.2 Å². The second-order valence-corrected chi connectivity index (χ2v) is 7.47. The summed E-state index contributed by atoms with van der Waals surface area (Å²) in [6, 6.07) is 12.7. The summed E-state index contributed by atoms with van der Waals surface area (Å²) in [6.07, 6.45) is 4.76. The summed E-state index contributed by atoms with van der Waals surface area (Å²) in [7, 11) is 0. The number of aromatic nitrogens is 5. The van der Waals surface area contributed by atoms with E-state index in [0.29, 0.717) is 38.6 Å². The third-order valence-electron chi connectivity index (χ3n) is 5.08. The highest BCUT2D eigenvalue weighted by molar-refractivity contribution is 6.35. The van der Waals surface area contributed by atoms with Gasteiger partial charge in [-0.15, -0.1) is 0 Å². The maximum Gasteiger partial charge on any atom is 0.264 e. The molecule has 5 aromatic rings. The first-order chi connectivity index (χ1) is 15.0. The molecule has 0 unspecified atom stereocenters. The molecule has 2 aromatic carbocycles. The second-order valence-electron chi connectivity index (χ2n) is 7.06. The summed E-state index contributed by atoms with van der Waals surface area (Å²) in [6.45, 7) is 1.89. The zero-order valence-electron chi connectivity index (χ0n) is 16.3. The summed E-state index contributed by atoms with van der Waals surface area (Å²) < 4.78 is 17.1. The molecule has 0 fully saturated rings. The number of imidazole rings is 1. The first-order valence-corrected chi connectivity index (χ1v) is 9.92. The van der Waals surface area contributed by atoms with Gasteiger partial charge < -0.3 is 5.32 Å². The Morgan fingerprint density at radius 1 is 1.13 bits per heavy atom.